The molecule has 0 bridgehead atoms. The van der Waals surface area contributed by atoms with Gasteiger partial charge in [0.2, 0.25) is 0 Å². The smallest absolute Gasteiger partial charge is 0.0641 e. The normalized spacial score (nSPS) is 15.0. The summed E-state index contributed by atoms with van der Waals surface area (Å²) in [7, 11) is 0. The second kappa shape index (κ2) is 5.84. The van der Waals surface area contributed by atoms with Crippen molar-refractivity contribution in [3.8, 4) is 6.07 Å². The van der Waals surface area contributed by atoms with Crippen molar-refractivity contribution in [1.29, 1.82) is 5.26 Å². The first-order chi connectivity index (χ1) is 7.95. The van der Waals surface area contributed by atoms with Gasteiger partial charge < -0.3 is 5.32 Å². The Labute approximate surface area is 105 Å². The summed E-state index contributed by atoms with van der Waals surface area (Å²) in [6, 6.07) is 12.9. The van der Waals surface area contributed by atoms with Gasteiger partial charge in [-0.05, 0) is 17.9 Å². The molecule has 0 saturated heterocycles. The number of nitrogens with one attached hydrogen (secondary N) is 1. The van der Waals surface area contributed by atoms with Gasteiger partial charge in [0.25, 0.3) is 0 Å². The summed E-state index contributed by atoms with van der Waals surface area (Å²) < 4.78 is 0. The van der Waals surface area contributed by atoms with Gasteiger partial charge in [0.05, 0.1) is 12.5 Å². The molecule has 0 radical (unpaired) electrons. The van der Waals surface area contributed by atoms with Crippen LogP contribution in [0.15, 0.2) is 30.3 Å². The van der Waals surface area contributed by atoms with E-state index in [1.165, 1.54) is 5.56 Å². The van der Waals surface area contributed by atoms with Crippen LogP contribution in [0.1, 0.15) is 45.7 Å². The number of hydrogen-bond acceptors (Lipinski definition) is 2. The Hall–Kier alpha value is -1.33. The van der Waals surface area contributed by atoms with Gasteiger partial charge in [0, 0.05) is 12.1 Å². The lowest BCUT2D eigenvalue weighted by Gasteiger charge is -2.32. The fourth-order valence-corrected chi connectivity index (χ4v) is 1.60. The van der Waals surface area contributed by atoms with Crippen molar-refractivity contribution in [3.05, 3.63) is 35.9 Å². The van der Waals surface area contributed by atoms with Crippen LogP contribution in [0.2, 0.25) is 0 Å². The highest BCUT2D eigenvalue weighted by molar-refractivity contribution is 5.20. The molecule has 0 amide bonds. The van der Waals surface area contributed by atoms with E-state index in [0.29, 0.717) is 12.5 Å². The summed E-state index contributed by atoms with van der Waals surface area (Å²) in [5.41, 5.74) is 1.38. The Morgan fingerprint density at radius 2 is 1.82 bits per heavy atom. The third-order valence-electron chi connectivity index (χ3n) is 3.25. The fourth-order valence-electron chi connectivity index (χ4n) is 1.60. The van der Waals surface area contributed by atoms with Crippen LogP contribution in [0.25, 0.3) is 0 Å². The average Bonchev–Trinajstić information content (AvgIpc) is 2.28. The summed E-state index contributed by atoms with van der Waals surface area (Å²) in [5, 5.41) is 12.5. The number of benzene rings is 1. The highest BCUT2D eigenvalue weighted by atomic mass is 15.0. The van der Waals surface area contributed by atoms with Gasteiger partial charge in [-0.3, -0.25) is 0 Å². The molecule has 0 aromatic heterocycles. The minimum Gasteiger partial charge on any atom is -0.306 e. The highest BCUT2D eigenvalue weighted by Crippen LogP contribution is 2.24. The monoisotopic (exact) mass is 230 g/mol. The first kappa shape index (κ1) is 13.7. The van der Waals surface area contributed by atoms with Crippen molar-refractivity contribution < 1.29 is 0 Å². The predicted molar refractivity (Wildman–Crippen MR) is 71.5 cm³/mol. The van der Waals surface area contributed by atoms with Gasteiger partial charge in [0.15, 0.2) is 0 Å². The summed E-state index contributed by atoms with van der Waals surface area (Å²) in [5.74, 6) is 0. The topological polar surface area (TPSA) is 35.8 Å². The van der Waals surface area contributed by atoms with Gasteiger partial charge in [-0.25, -0.2) is 0 Å². The van der Waals surface area contributed by atoms with E-state index in [9.17, 15) is 0 Å². The zero-order valence-electron chi connectivity index (χ0n) is 11.2. The minimum absolute atomic E-state index is 0.121. The quantitative estimate of drug-likeness (QED) is 0.856. The van der Waals surface area contributed by atoms with Crippen LogP contribution in [0, 0.1) is 16.7 Å². The lowest BCUT2D eigenvalue weighted by atomic mass is 9.87. The van der Waals surface area contributed by atoms with Crippen LogP contribution in [0.4, 0.5) is 0 Å². The van der Waals surface area contributed by atoms with Crippen LogP contribution in [-0.4, -0.2) is 6.04 Å². The third-order valence-corrected chi connectivity index (χ3v) is 3.25. The molecule has 2 unspecified atom stereocenters. The Bertz CT molecular complexity index is 370. The third kappa shape index (κ3) is 4.20. The number of nitrogens with zero attached hydrogens (tertiary/aromatic N) is 1. The van der Waals surface area contributed by atoms with Gasteiger partial charge in [-0.2, -0.15) is 5.26 Å². The molecular weight excluding hydrogens is 208 g/mol. The molecule has 92 valence electrons. The second-order valence-electron chi connectivity index (χ2n) is 5.58. The van der Waals surface area contributed by atoms with Crippen molar-refractivity contribution in [1.82, 2.24) is 5.32 Å². The Morgan fingerprint density at radius 3 is 2.29 bits per heavy atom. The molecule has 0 aliphatic heterocycles. The molecule has 0 saturated carbocycles. The number of rotatable bonds is 4. The van der Waals surface area contributed by atoms with Gasteiger partial charge in [-0.15, -0.1) is 0 Å². The Kier molecular flexibility index (Phi) is 4.72. The van der Waals surface area contributed by atoms with Crippen LogP contribution in [0.5, 0.6) is 0 Å². The van der Waals surface area contributed by atoms with Crippen molar-refractivity contribution in [2.75, 3.05) is 0 Å². The maximum absolute atomic E-state index is 8.92. The summed E-state index contributed by atoms with van der Waals surface area (Å²) >= 11 is 0. The van der Waals surface area contributed by atoms with Crippen LogP contribution in [-0.2, 0) is 0 Å². The molecular formula is C15H22N2. The fraction of sp³-hybridized carbons (Fsp3) is 0.533. The van der Waals surface area contributed by atoms with Crippen molar-refractivity contribution in [2.24, 2.45) is 5.41 Å². The van der Waals surface area contributed by atoms with E-state index in [0.717, 1.165) is 0 Å². The molecule has 0 aliphatic carbocycles. The first-order valence-electron chi connectivity index (χ1n) is 6.13. The van der Waals surface area contributed by atoms with Crippen LogP contribution < -0.4 is 5.32 Å². The first-order valence-corrected chi connectivity index (χ1v) is 6.13. The maximum Gasteiger partial charge on any atom is 0.0641 e. The molecule has 1 N–H and O–H groups in total. The van der Waals surface area contributed by atoms with Gasteiger partial charge in [0.1, 0.15) is 0 Å². The van der Waals surface area contributed by atoms with Gasteiger partial charge in [-0.1, -0.05) is 51.1 Å². The second-order valence-corrected chi connectivity index (χ2v) is 5.58. The molecule has 2 atom stereocenters. The molecule has 0 spiro atoms. The molecule has 2 nitrogen and oxygen atoms in total. The zero-order chi connectivity index (χ0) is 12.9. The zero-order valence-corrected chi connectivity index (χ0v) is 11.2. The lowest BCUT2D eigenvalue weighted by molar-refractivity contribution is 0.264. The SMILES string of the molecule is CC(NC(CC#N)c1ccccc1)C(C)(C)C. The summed E-state index contributed by atoms with van der Waals surface area (Å²) in [4.78, 5) is 0. The molecule has 0 aliphatic rings. The summed E-state index contributed by atoms with van der Waals surface area (Å²) in [6.07, 6.45) is 0.504. The molecule has 2 heteroatoms. The van der Waals surface area contributed by atoms with E-state index in [1.807, 2.05) is 18.2 Å². The molecule has 1 aromatic carbocycles. The molecule has 1 rings (SSSR count). The molecule has 0 fully saturated rings. The van der Waals surface area contributed by atoms with Crippen LogP contribution >= 0.6 is 0 Å². The Morgan fingerprint density at radius 1 is 1.24 bits per heavy atom. The molecule has 0 heterocycles. The van der Waals surface area contributed by atoms with E-state index in [-0.39, 0.29) is 11.5 Å². The van der Waals surface area contributed by atoms with E-state index in [4.69, 9.17) is 5.26 Å². The van der Waals surface area contributed by atoms with Crippen molar-refractivity contribution in [2.45, 2.75) is 46.2 Å². The van der Waals surface area contributed by atoms with Crippen molar-refractivity contribution >= 4 is 0 Å². The van der Waals surface area contributed by atoms with Gasteiger partial charge >= 0.3 is 0 Å². The maximum atomic E-state index is 8.92. The lowest BCUT2D eigenvalue weighted by Crippen LogP contribution is -2.39. The Balaban J connectivity index is 2.78. The van der Waals surface area contributed by atoms with E-state index < -0.39 is 0 Å². The summed E-state index contributed by atoms with van der Waals surface area (Å²) in [6.45, 7) is 8.80. The predicted octanol–water partition coefficient (Wildman–Crippen LogP) is 3.67. The minimum atomic E-state index is 0.121. The molecule has 1 aromatic rings. The van der Waals surface area contributed by atoms with E-state index in [2.05, 4.69) is 51.2 Å². The highest BCUT2D eigenvalue weighted by Gasteiger charge is 2.23. The van der Waals surface area contributed by atoms with E-state index in [1.54, 1.807) is 0 Å². The number of hydrogen-bond donors (Lipinski definition) is 1. The van der Waals surface area contributed by atoms with Crippen LogP contribution in [0.3, 0.4) is 0 Å². The van der Waals surface area contributed by atoms with E-state index >= 15 is 0 Å². The standard InChI is InChI=1S/C15H22N2/c1-12(15(2,3)4)17-14(10-11-16)13-8-6-5-7-9-13/h5-9,12,14,17H,10H2,1-4H3. The average molecular weight is 230 g/mol. The largest absolute Gasteiger partial charge is 0.306 e. The molecule has 17 heavy (non-hydrogen) atoms. The number of nitriles is 1. The van der Waals surface area contributed by atoms with Crippen molar-refractivity contribution in [3.63, 3.8) is 0 Å².